The van der Waals surface area contributed by atoms with Gasteiger partial charge in [0.1, 0.15) is 0 Å². The lowest BCUT2D eigenvalue weighted by molar-refractivity contribution is 0.922. The van der Waals surface area contributed by atoms with Crippen molar-refractivity contribution in [2.24, 2.45) is 5.73 Å². The van der Waals surface area contributed by atoms with Crippen LogP contribution in [0.25, 0.3) is 0 Å². The fraction of sp³-hybridized carbons (Fsp3) is 0.750. The summed E-state index contributed by atoms with van der Waals surface area (Å²) in [4.78, 5) is 0. The maximum atomic E-state index is 5.27. The minimum absolute atomic E-state index is 0.563. The van der Waals surface area contributed by atoms with Crippen molar-refractivity contribution >= 4 is 24.7 Å². The summed E-state index contributed by atoms with van der Waals surface area (Å²) in [6.07, 6.45) is 1.26. The van der Waals surface area contributed by atoms with Gasteiger partial charge in [0.15, 0.2) is 0 Å². The van der Waals surface area contributed by atoms with Gasteiger partial charge < -0.3 is 5.73 Å². The highest BCUT2D eigenvalue weighted by Gasteiger charge is 2.08. The van der Waals surface area contributed by atoms with Crippen LogP contribution in [0.4, 0.5) is 0 Å². The first kappa shape index (κ1) is 4.71. The summed E-state index contributed by atoms with van der Waals surface area (Å²) < 4.78 is 3.42. The molecule has 2 heteroatoms. The Labute approximate surface area is 47.7 Å². The Morgan fingerprint density at radius 3 is 2.67 bits per heavy atom. The molecule has 0 fully saturated rings. The van der Waals surface area contributed by atoms with Gasteiger partial charge in [-0.15, -0.1) is 20.7 Å². The first-order chi connectivity index (χ1) is 2.93. The van der Waals surface area contributed by atoms with Crippen molar-refractivity contribution in [3.63, 3.8) is 0 Å². The SMILES string of the molecule is NCCC1C=I1. The van der Waals surface area contributed by atoms with Crippen LogP contribution in [-0.2, 0) is 0 Å². The molecule has 0 aliphatic carbocycles. The lowest BCUT2D eigenvalue weighted by Crippen LogP contribution is -2.01. The van der Waals surface area contributed by atoms with Crippen molar-refractivity contribution in [3.05, 3.63) is 0 Å². The van der Waals surface area contributed by atoms with E-state index in [0.29, 0.717) is 20.7 Å². The molecule has 0 aromatic rings. The van der Waals surface area contributed by atoms with Gasteiger partial charge in [0.05, 0.1) is 0 Å². The number of hydrogen-bond acceptors (Lipinski definition) is 1. The Hall–Kier alpha value is 0.560. The van der Waals surface area contributed by atoms with Crippen molar-refractivity contribution in [1.82, 2.24) is 0 Å². The second-order valence-electron chi connectivity index (χ2n) is 1.35. The first-order valence-electron chi connectivity index (χ1n) is 2.09. The largest absolute Gasteiger partial charge is 0.330 e. The van der Waals surface area contributed by atoms with Crippen molar-refractivity contribution < 1.29 is 0 Å². The topological polar surface area (TPSA) is 26.0 Å². The molecule has 1 aliphatic heterocycles. The van der Waals surface area contributed by atoms with Gasteiger partial charge in [-0.3, -0.25) is 0 Å². The zero-order valence-electron chi connectivity index (χ0n) is 3.52. The molecule has 1 aliphatic rings. The fourth-order valence-electron chi connectivity index (χ4n) is 0.337. The average Bonchev–Trinajstić information content (AvgIpc) is 2.21. The van der Waals surface area contributed by atoms with Crippen LogP contribution in [0.3, 0.4) is 0 Å². The van der Waals surface area contributed by atoms with Gasteiger partial charge in [-0.2, -0.15) is 0 Å². The minimum Gasteiger partial charge on any atom is -0.330 e. The first-order valence-corrected chi connectivity index (χ1v) is 4.58. The normalized spacial score (nSPS) is 29.2. The average molecular weight is 197 g/mol. The van der Waals surface area contributed by atoms with E-state index in [1.165, 1.54) is 6.42 Å². The van der Waals surface area contributed by atoms with Crippen molar-refractivity contribution in [3.8, 4) is 0 Å². The molecule has 1 nitrogen and oxygen atoms in total. The van der Waals surface area contributed by atoms with Gasteiger partial charge in [0.2, 0.25) is 0 Å². The number of rotatable bonds is 2. The summed E-state index contributed by atoms with van der Waals surface area (Å²) in [6, 6.07) is 0. The van der Waals surface area contributed by atoms with Crippen LogP contribution in [0.2, 0.25) is 0 Å². The van der Waals surface area contributed by atoms with E-state index >= 15 is 0 Å². The molecule has 6 heavy (non-hydrogen) atoms. The smallest absolute Gasteiger partial charge is 0.0304 e. The standard InChI is InChI=1S/C4H8IN/c6-2-1-4-3-5-4/h3-4H,1-2,6H2. The molecular formula is C4H8IN. The Balaban J connectivity index is 1.90. The zero-order chi connectivity index (χ0) is 4.41. The summed E-state index contributed by atoms with van der Waals surface area (Å²) in [6.45, 7) is 0.890. The van der Waals surface area contributed by atoms with Crippen LogP contribution >= 0.6 is 20.7 Å². The molecule has 0 amide bonds. The molecule has 1 unspecified atom stereocenters. The lowest BCUT2D eigenvalue weighted by atomic mass is 10.3. The maximum Gasteiger partial charge on any atom is 0.0304 e. The third-order valence-electron chi connectivity index (χ3n) is 0.747. The van der Waals surface area contributed by atoms with Crippen LogP contribution in [0.5, 0.6) is 0 Å². The number of alkyl halides is 1. The monoisotopic (exact) mass is 197 g/mol. The molecule has 0 bridgehead atoms. The van der Waals surface area contributed by atoms with Crippen molar-refractivity contribution in [2.45, 2.75) is 10.3 Å². The Bertz CT molecular complexity index is 63.9. The summed E-state index contributed by atoms with van der Waals surface area (Å²) >= 11 is 0.563. The summed E-state index contributed by atoms with van der Waals surface area (Å²) in [7, 11) is 0. The van der Waals surface area contributed by atoms with Gasteiger partial charge in [0.25, 0.3) is 0 Å². The quantitative estimate of drug-likeness (QED) is 0.506. The van der Waals surface area contributed by atoms with Gasteiger partial charge >= 0.3 is 0 Å². The van der Waals surface area contributed by atoms with E-state index in [-0.39, 0.29) is 0 Å². The highest BCUT2D eigenvalue weighted by atomic mass is 127. The Morgan fingerprint density at radius 1 is 1.83 bits per heavy atom. The molecule has 0 aromatic heterocycles. The second-order valence-corrected chi connectivity index (χ2v) is 4.38. The molecule has 0 spiro atoms. The predicted octanol–water partition coefficient (Wildman–Crippen LogP) is 0.490. The molecule has 1 atom stereocenters. The molecule has 36 valence electrons. The van der Waals surface area contributed by atoms with Crippen LogP contribution in [0, 0.1) is 0 Å². The fourth-order valence-corrected chi connectivity index (χ4v) is 1.71. The predicted molar refractivity (Wildman–Crippen MR) is 37.5 cm³/mol. The highest BCUT2D eigenvalue weighted by molar-refractivity contribution is 14.2. The van der Waals surface area contributed by atoms with E-state index in [4.69, 9.17) is 5.73 Å². The number of nitrogens with two attached hydrogens (primary N) is 1. The number of halogens is 1. The van der Waals surface area contributed by atoms with E-state index in [1.807, 2.05) is 0 Å². The minimum atomic E-state index is 0.563. The highest BCUT2D eigenvalue weighted by Crippen LogP contribution is 2.24. The van der Waals surface area contributed by atoms with Gasteiger partial charge in [-0.25, -0.2) is 0 Å². The third-order valence-corrected chi connectivity index (χ3v) is 3.11. The van der Waals surface area contributed by atoms with E-state index in [9.17, 15) is 0 Å². The lowest BCUT2D eigenvalue weighted by Gasteiger charge is -1.83. The maximum absolute atomic E-state index is 5.27. The summed E-state index contributed by atoms with van der Waals surface area (Å²) in [5.74, 6) is 0. The number of hydrogen-bond donors (Lipinski definition) is 1. The molecule has 2 N–H and O–H groups in total. The summed E-state index contributed by atoms with van der Waals surface area (Å²) in [5, 5.41) is 0. The van der Waals surface area contributed by atoms with Crippen LogP contribution < -0.4 is 5.73 Å². The molecule has 1 rings (SSSR count). The van der Waals surface area contributed by atoms with Crippen molar-refractivity contribution in [1.29, 1.82) is 0 Å². The van der Waals surface area contributed by atoms with Gasteiger partial charge in [-0.1, -0.05) is 0 Å². The van der Waals surface area contributed by atoms with Gasteiger partial charge in [-0.05, 0) is 17.0 Å². The molecule has 0 radical (unpaired) electrons. The summed E-state index contributed by atoms with van der Waals surface area (Å²) in [5.41, 5.74) is 5.27. The molecule has 0 aromatic carbocycles. The molecular weight excluding hydrogens is 189 g/mol. The molecule has 0 saturated carbocycles. The van der Waals surface area contributed by atoms with Crippen LogP contribution in [0.1, 0.15) is 6.42 Å². The Morgan fingerprint density at radius 2 is 2.50 bits per heavy atom. The van der Waals surface area contributed by atoms with E-state index in [0.717, 1.165) is 10.5 Å². The van der Waals surface area contributed by atoms with Crippen molar-refractivity contribution in [2.75, 3.05) is 6.54 Å². The van der Waals surface area contributed by atoms with Crippen LogP contribution in [0.15, 0.2) is 0 Å². The van der Waals surface area contributed by atoms with E-state index in [1.54, 1.807) is 0 Å². The van der Waals surface area contributed by atoms with Crippen LogP contribution in [-0.4, -0.2) is 14.5 Å². The third kappa shape index (κ3) is 1.34. The Kier molecular flexibility index (Phi) is 1.59. The molecule has 0 saturated heterocycles. The van der Waals surface area contributed by atoms with Gasteiger partial charge in [0, 0.05) is 3.92 Å². The molecule has 1 heterocycles. The second kappa shape index (κ2) is 2.02. The van der Waals surface area contributed by atoms with E-state index in [2.05, 4.69) is 4.01 Å². The van der Waals surface area contributed by atoms with E-state index < -0.39 is 0 Å². The zero-order valence-corrected chi connectivity index (χ0v) is 5.68.